The molecule has 1 fully saturated rings. The van der Waals surface area contributed by atoms with Crippen molar-refractivity contribution in [2.75, 3.05) is 0 Å². The van der Waals surface area contributed by atoms with Crippen molar-refractivity contribution in [2.45, 2.75) is 0 Å². The van der Waals surface area contributed by atoms with E-state index in [0.717, 1.165) is 16.7 Å². The third-order valence-electron chi connectivity index (χ3n) is 4.89. The van der Waals surface area contributed by atoms with Crippen LogP contribution >= 0.6 is 0 Å². The van der Waals surface area contributed by atoms with E-state index in [-0.39, 0.29) is 0 Å². The first-order valence-electron chi connectivity index (χ1n) is 9.61. The van der Waals surface area contributed by atoms with Crippen LogP contribution in [0.3, 0.4) is 0 Å². The average Bonchev–Trinajstić information content (AvgIpc) is 2.83. The fraction of sp³-hybridized carbons (Fsp3) is 0. The molecule has 0 aliphatic carbocycles. The van der Waals surface area contributed by atoms with Crippen LogP contribution in [0.1, 0.15) is 11.1 Å². The molecule has 0 radical (unpaired) electrons. The van der Waals surface area contributed by atoms with Gasteiger partial charge in [0, 0.05) is 0 Å². The van der Waals surface area contributed by atoms with Crippen LogP contribution in [-0.4, -0.2) is 25.7 Å². The van der Waals surface area contributed by atoms with Gasteiger partial charge in [-0.2, -0.15) is 0 Å². The van der Waals surface area contributed by atoms with Gasteiger partial charge >= 0.3 is 25.7 Å². The summed E-state index contributed by atoms with van der Waals surface area (Å²) in [6, 6.07) is 20.3. The largest absolute Gasteiger partial charge is 0.403 e. The van der Waals surface area contributed by atoms with Gasteiger partial charge < -0.3 is 12.3 Å². The van der Waals surface area contributed by atoms with E-state index in [0.29, 0.717) is 0 Å². The van der Waals surface area contributed by atoms with Gasteiger partial charge in [-0.25, -0.2) is 0 Å². The first-order valence-corrected chi connectivity index (χ1v) is 15.5. The quantitative estimate of drug-likeness (QED) is 0.489. The van der Waals surface area contributed by atoms with Crippen LogP contribution < -0.4 is 0 Å². The smallest absolute Gasteiger partial charge is 0.375 e. The summed E-state index contributed by atoms with van der Waals surface area (Å²) in [6.07, 6.45) is 0. The van der Waals surface area contributed by atoms with Crippen molar-refractivity contribution in [3.8, 4) is 0 Å². The van der Waals surface area contributed by atoms with E-state index in [4.69, 9.17) is 12.3 Å². The van der Waals surface area contributed by atoms with Gasteiger partial charge in [-0.3, -0.25) is 0 Å². The van der Waals surface area contributed by atoms with E-state index in [2.05, 4.69) is 62.9 Å². The van der Waals surface area contributed by atoms with Crippen LogP contribution in [0.2, 0.25) is 0 Å². The molecule has 3 rings (SSSR count). The lowest BCUT2D eigenvalue weighted by molar-refractivity contribution is 0.262. The highest BCUT2D eigenvalue weighted by atomic mass is 28.5. The Bertz CT molecular complexity index is 898. The van der Waals surface area contributed by atoms with Gasteiger partial charge in [0.15, 0.2) is 0 Å². The Morgan fingerprint density at radius 3 is 1.20 bits per heavy atom. The van der Waals surface area contributed by atoms with Gasteiger partial charge in [0.2, 0.25) is 0 Å². The first kappa shape index (κ1) is 22.1. The molecule has 6 heteroatoms. The molecule has 1 aliphatic heterocycles. The Balaban J connectivity index is 2.25. The Labute approximate surface area is 182 Å². The van der Waals surface area contributed by atoms with Crippen molar-refractivity contribution < 1.29 is 12.3 Å². The highest BCUT2D eigenvalue weighted by Gasteiger charge is 2.57. The van der Waals surface area contributed by atoms with Gasteiger partial charge in [0.05, 0.1) is 0 Å². The molecule has 152 valence electrons. The molecule has 0 amide bonds. The summed E-state index contributed by atoms with van der Waals surface area (Å²) in [6.45, 7) is 19.9. The predicted octanol–water partition coefficient (Wildman–Crippen LogP) is 5.67. The van der Waals surface area contributed by atoms with E-state index in [1.165, 1.54) is 0 Å². The maximum absolute atomic E-state index is 6.58. The molecule has 0 saturated carbocycles. The molecule has 1 heterocycles. The van der Waals surface area contributed by atoms with Crippen molar-refractivity contribution in [2.24, 2.45) is 0 Å². The minimum absolute atomic E-state index is 1.01. The van der Waals surface area contributed by atoms with Gasteiger partial charge in [0.25, 0.3) is 0 Å². The second-order valence-corrected chi connectivity index (χ2v) is 15.9. The predicted molar refractivity (Wildman–Crippen MR) is 131 cm³/mol. The summed E-state index contributed by atoms with van der Waals surface area (Å²) >= 11 is 0. The van der Waals surface area contributed by atoms with Crippen molar-refractivity contribution in [3.05, 3.63) is 139 Å². The molecule has 2 aromatic rings. The zero-order valence-electron chi connectivity index (χ0n) is 17.0. The topological polar surface area (TPSA) is 27.7 Å². The summed E-state index contributed by atoms with van der Waals surface area (Å²) in [5.41, 5.74) is 13.9. The Morgan fingerprint density at radius 2 is 0.867 bits per heavy atom. The van der Waals surface area contributed by atoms with Gasteiger partial charge in [-0.05, 0) is 50.9 Å². The van der Waals surface area contributed by atoms with E-state index in [9.17, 15) is 0 Å². The second kappa shape index (κ2) is 9.05. The SMILES string of the molecule is C=C[Si]1(C=C)O[Si](C=C)(C=C)O[Si](C=C)(C=C(c2ccccc2)c2ccccc2)O1. The number of benzene rings is 2. The zero-order valence-corrected chi connectivity index (χ0v) is 20.0. The van der Waals surface area contributed by atoms with E-state index in [1.54, 1.807) is 28.5 Å². The van der Waals surface area contributed by atoms with E-state index >= 15 is 0 Å². The first-order chi connectivity index (χ1) is 14.5. The van der Waals surface area contributed by atoms with Crippen LogP contribution in [0.25, 0.3) is 5.57 Å². The molecular formula is C24H26O3Si3. The molecule has 0 spiro atoms. The summed E-state index contributed by atoms with van der Waals surface area (Å²) < 4.78 is 19.5. The fourth-order valence-electron chi connectivity index (χ4n) is 3.28. The molecule has 0 unspecified atom stereocenters. The van der Waals surface area contributed by atoms with Crippen LogP contribution in [0.4, 0.5) is 0 Å². The number of rotatable bonds is 8. The molecule has 2 aromatic carbocycles. The Hall–Kier alpha value is -2.59. The monoisotopic (exact) mass is 446 g/mol. The van der Waals surface area contributed by atoms with Gasteiger partial charge in [0.1, 0.15) is 0 Å². The maximum atomic E-state index is 6.58. The number of hydrogen-bond acceptors (Lipinski definition) is 3. The van der Waals surface area contributed by atoms with Gasteiger partial charge in [-0.1, -0.05) is 60.7 Å². The van der Waals surface area contributed by atoms with Crippen LogP contribution in [0, 0.1) is 0 Å². The lowest BCUT2D eigenvalue weighted by Gasteiger charge is -2.47. The molecule has 0 N–H and O–H groups in total. The summed E-state index contributed by atoms with van der Waals surface area (Å²) in [4.78, 5) is 0. The standard InChI is InChI=1S/C24H26O3Si3/c1-6-28(7-2)25-29(8-3,9-4)27-30(10-5,26-28)21-24(22-17-13-11-14-18-22)23-19-15-12-16-20-23/h6-21H,1-5H2. The lowest BCUT2D eigenvalue weighted by Crippen LogP contribution is -2.67. The summed E-state index contributed by atoms with van der Waals surface area (Å²) in [5.74, 6) is 0. The molecular weight excluding hydrogens is 421 g/mol. The van der Waals surface area contributed by atoms with E-state index < -0.39 is 25.7 Å². The van der Waals surface area contributed by atoms with Crippen molar-refractivity contribution in [3.63, 3.8) is 0 Å². The van der Waals surface area contributed by atoms with Crippen molar-refractivity contribution in [1.29, 1.82) is 0 Å². The van der Waals surface area contributed by atoms with Crippen LogP contribution in [-0.2, 0) is 12.3 Å². The molecule has 30 heavy (non-hydrogen) atoms. The lowest BCUT2D eigenvalue weighted by atomic mass is 10.00. The second-order valence-electron chi connectivity index (χ2n) is 6.78. The van der Waals surface area contributed by atoms with E-state index in [1.807, 2.05) is 36.4 Å². The molecule has 0 aromatic heterocycles. The fourth-order valence-corrected chi connectivity index (χ4v) is 15.9. The molecule has 3 nitrogen and oxygen atoms in total. The van der Waals surface area contributed by atoms with Crippen LogP contribution in [0.15, 0.2) is 128 Å². The maximum Gasteiger partial charge on any atom is 0.375 e. The third kappa shape index (κ3) is 4.29. The van der Waals surface area contributed by atoms with Crippen molar-refractivity contribution in [1.82, 2.24) is 0 Å². The average molecular weight is 447 g/mol. The normalized spacial score (nSPS) is 18.4. The molecule has 1 aliphatic rings. The minimum atomic E-state index is -3.12. The Kier molecular flexibility index (Phi) is 6.67. The number of hydrogen-bond donors (Lipinski definition) is 0. The summed E-state index contributed by atoms with van der Waals surface area (Å²) in [7, 11) is -9.06. The third-order valence-corrected chi connectivity index (χ3v) is 16.1. The van der Waals surface area contributed by atoms with Crippen molar-refractivity contribution >= 4 is 31.3 Å². The minimum Gasteiger partial charge on any atom is -0.403 e. The van der Waals surface area contributed by atoms with Gasteiger partial charge in [-0.15, -0.1) is 32.9 Å². The molecule has 0 atom stereocenters. The van der Waals surface area contributed by atoms with Crippen LogP contribution in [0.5, 0.6) is 0 Å². The Morgan fingerprint density at radius 1 is 0.533 bits per heavy atom. The molecule has 1 saturated heterocycles. The molecule has 0 bridgehead atoms. The highest BCUT2D eigenvalue weighted by Crippen LogP contribution is 2.37. The zero-order chi connectivity index (χ0) is 21.7. The highest BCUT2D eigenvalue weighted by molar-refractivity contribution is 7.03. The summed E-state index contributed by atoms with van der Waals surface area (Å²) in [5, 5.41) is 0.